The zero-order valence-electron chi connectivity index (χ0n) is 13.0. The summed E-state index contributed by atoms with van der Waals surface area (Å²) in [6, 6.07) is 0.373. The summed E-state index contributed by atoms with van der Waals surface area (Å²) in [6.07, 6.45) is 1.97. The van der Waals surface area contributed by atoms with Gasteiger partial charge in [-0.1, -0.05) is 0 Å². The van der Waals surface area contributed by atoms with E-state index in [9.17, 15) is 0 Å². The fourth-order valence-corrected chi connectivity index (χ4v) is 2.83. The molecule has 1 aromatic rings. The SMILES string of the molecule is CC(C)Nc1nc(N2CCOCC2)nc2c1CCNCC2. The van der Waals surface area contributed by atoms with Crippen LogP contribution < -0.4 is 15.5 Å². The molecule has 2 aliphatic rings. The molecule has 0 bridgehead atoms. The molecule has 1 fully saturated rings. The Kier molecular flexibility index (Phi) is 4.55. The first-order chi connectivity index (χ1) is 10.2. The highest BCUT2D eigenvalue weighted by Gasteiger charge is 2.21. The topological polar surface area (TPSA) is 62.3 Å². The van der Waals surface area contributed by atoms with Crippen LogP contribution in [-0.2, 0) is 17.6 Å². The molecule has 0 radical (unpaired) electrons. The number of aromatic nitrogens is 2. The second-order valence-electron chi connectivity index (χ2n) is 5.95. The normalized spacial score (nSPS) is 19.3. The molecule has 0 saturated carbocycles. The average Bonchev–Trinajstić information content (AvgIpc) is 2.73. The second-order valence-corrected chi connectivity index (χ2v) is 5.95. The first-order valence-corrected chi connectivity index (χ1v) is 7.94. The lowest BCUT2D eigenvalue weighted by atomic mass is 10.1. The summed E-state index contributed by atoms with van der Waals surface area (Å²) in [5, 5.41) is 6.95. The quantitative estimate of drug-likeness (QED) is 0.860. The zero-order valence-corrected chi connectivity index (χ0v) is 13.0. The Morgan fingerprint density at radius 2 is 1.90 bits per heavy atom. The fraction of sp³-hybridized carbons (Fsp3) is 0.733. The molecule has 0 spiro atoms. The highest BCUT2D eigenvalue weighted by Crippen LogP contribution is 2.24. The summed E-state index contributed by atoms with van der Waals surface area (Å²) in [7, 11) is 0. The monoisotopic (exact) mass is 291 g/mol. The fourth-order valence-electron chi connectivity index (χ4n) is 2.83. The minimum absolute atomic E-state index is 0.373. The third-order valence-corrected chi connectivity index (χ3v) is 3.89. The highest BCUT2D eigenvalue weighted by molar-refractivity contribution is 5.52. The molecule has 21 heavy (non-hydrogen) atoms. The van der Waals surface area contributed by atoms with Crippen molar-refractivity contribution < 1.29 is 4.74 Å². The van der Waals surface area contributed by atoms with Crippen LogP contribution in [0.25, 0.3) is 0 Å². The molecule has 2 N–H and O–H groups in total. The van der Waals surface area contributed by atoms with Gasteiger partial charge in [0.15, 0.2) is 0 Å². The number of nitrogens with one attached hydrogen (secondary N) is 2. The molecule has 0 atom stereocenters. The second kappa shape index (κ2) is 6.58. The predicted molar refractivity (Wildman–Crippen MR) is 84.1 cm³/mol. The zero-order chi connectivity index (χ0) is 14.7. The Balaban J connectivity index is 1.95. The minimum atomic E-state index is 0.373. The molecule has 3 rings (SSSR count). The average molecular weight is 291 g/mol. The van der Waals surface area contributed by atoms with Crippen molar-refractivity contribution in [2.24, 2.45) is 0 Å². The maximum absolute atomic E-state index is 5.43. The molecule has 0 amide bonds. The van der Waals surface area contributed by atoms with Gasteiger partial charge >= 0.3 is 0 Å². The molecule has 1 saturated heterocycles. The first-order valence-electron chi connectivity index (χ1n) is 7.94. The number of fused-ring (bicyclic) bond motifs is 1. The van der Waals surface area contributed by atoms with Crippen LogP contribution in [0.1, 0.15) is 25.1 Å². The van der Waals surface area contributed by atoms with E-state index in [0.717, 1.165) is 64.0 Å². The molecular formula is C15H25N5O. The molecule has 6 nitrogen and oxygen atoms in total. The smallest absolute Gasteiger partial charge is 0.227 e. The van der Waals surface area contributed by atoms with E-state index in [1.807, 2.05) is 0 Å². The number of hydrogen-bond acceptors (Lipinski definition) is 6. The summed E-state index contributed by atoms with van der Waals surface area (Å²) in [6.45, 7) is 9.56. The van der Waals surface area contributed by atoms with Gasteiger partial charge in [0.2, 0.25) is 5.95 Å². The van der Waals surface area contributed by atoms with Gasteiger partial charge in [-0.3, -0.25) is 0 Å². The largest absolute Gasteiger partial charge is 0.378 e. The van der Waals surface area contributed by atoms with Crippen LogP contribution in [0.15, 0.2) is 0 Å². The van der Waals surface area contributed by atoms with Crippen LogP contribution in [-0.4, -0.2) is 55.4 Å². The van der Waals surface area contributed by atoms with Gasteiger partial charge in [0.1, 0.15) is 5.82 Å². The van der Waals surface area contributed by atoms with Gasteiger partial charge in [-0.05, 0) is 26.8 Å². The third kappa shape index (κ3) is 3.44. The Bertz CT molecular complexity index is 485. The van der Waals surface area contributed by atoms with Crippen molar-refractivity contribution in [2.75, 3.05) is 49.6 Å². The van der Waals surface area contributed by atoms with E-state index in [0.29, 0.717) is 6.04 Å². The number of rotatable bonds is 3. The van der Waals surface area contributed by atoms with E-state index in [4.69, 9.17) is 14.7 Å². The number of anilines is 2. The highest BCUT2D eigenvalue weighted by atomic mass is 16.5. The third-order valence-electron chi connectivity index (χ3n) is 3.89. The van der Waals surface area contributed by atoms with Crippen LogP contribution in [0.5, 0.6) is 0 Å². The Labute approximate surface area is 126 Å². The number of nitrogens with zero attached hydrogens (tertiary/aromatic N) is 3. The van der Waals surface area contributed by atoms with E-state index in [2.05, 4.69) is 29.4 Å². The standard InChI is InChI=1S/C15H25N5O/c1-11(2)17-14-12-3-5-16-6-4-13(12)18-15(19-14)20-7-9-21-10-8-20/h11,16H,3-10H2,1-2H3,(H,17,18,19). The van der Waals surface area contributed by atoms with E-state index >= 15 is 0 Å². The summed E-state index contributed by atoms with van der Waals surface area (Å²) in [4.78, 5) is 11.9. The van der Waals surface area contributed by atoms with Crippen LogP contribution in [0.4, 0.5) is 11.8 Å². The molecule has 116 valence electrons. The molecule has 0 aromatic carbocycles. The molecule has 0 unspecified atom stereocenters. The van der Waals surface area contributed by atoms with Crippen molar-refractivity contribution in [3.63, 3.8) is 0 Å². The summed E-state index contributed by atoms with van der Waals surface area (Å²) >= 11 is 0. The van der Waals surface area contributed by atoms with Crippen molar-refractivity contribution in [1.82, 2.24) is 15.3 Å². The minimum Gasteiger partial charge on any atom is -0.378 e. The molecular weight excluding hydrogens is 266 g/mol. The van der Waals surface area contributed by atoms with Crippen LogP contribution in [0, 0.1) is 0 Å². The maximum Gasteiger partial charge on any atom is 0.227 e. The van der Waals surface area contributed by atoms with E-state index < -0.39 is 0 Å². The van der Waals surface area contributed by atoms with E-state index in [-0.39, 0.29) is 0 Å². The maximum atomic E-state index is 5.43. The lowest BCUT2D eigenvalue weighted by Crippen LogP contribution is -2.37. The van der Waals surface area contributed by atoms with Gasteiger partial charge in [0.25, 0.3) is 0 Å². The van der Waals surface area contributed by atoms with Crippen molar-refractivity contribution in [3.05, 3.63) is 11.3 Å². The molecule has 2 aliphatic heterocycles. The van der Waals surface area contributed by atoms with Gasteiger partial charge in [-0.25, -0.2) is 4.98 Å². The number of ether oxygens (including phenoxy) is 1. The van der Waals surface area contributed by atoms with Crippen molar-refractivity contribution in [3.8, 4) is 0 Å². The Hall–Kier alpha value is -1.40. The van der Waals surface area contributed by atoms with Crippen molar-refractivity contribution in [2.45, 2.75) is 32.7 Å². The van der Waals surface area contributed by atoms with Crippen LogP contribution >= 0.6 is 0 Å². The van der Waals surface area contributed by atoms with Gasteiger partial charge < -0.3 is 20.3 Å². The Morgan fingerprint density at radius 1 is 1.14 bits per heavy atom. The summed E-state index contributed by atoms with van der Waals surface area (Å²) in [5.41, 5.74) is 2.48. The molecule has 6 heteroatoms. The lowest BCUT2D eigenvalue weighted by molar-refractivity contribution is 0.122. The molecule has 0 aliphatic carbocycles. The van der Waals surface area contributed by atoms with Crippen molar-refractivity contribution in [1.29, 1.82) is 0 Å². The summed E-state index contributed by atoms with van der Waals surface area (Å²) < 4.78 is 5.43. The summed E-state index contributed by atoms with van der Waals surface area (Å²) in [5.74, 6) is 1.86. The Morgan fingerprint density at radius 3 is 2.67 bits per heavy atom. The van der Waals surface area contributed by atoms with Crippen molar-refractivity contribution >= 4 is 11.8 Å². The number of morpholine rings is 1. The predicted octanol–water partition coefficient (Wildman–Crippen LogP) is 0.822. The van der Waals surface area contributed by atoms with Gasteiger partial charge in [0.05, 0.1) is 18.9 Å². The lowest BCUT2D eigenvalue weighted by Gasteiger charge is -2.28. The van der Waals surface area contributed by atoms with E-state index in [1.54, 1.807) is 0 Å². The first kappa shape index (κ1) is 14.5. The number of hydrogen-bond donors (Lipinski definition) is 2. The van der Waals surface area contributed by atoms with E-state index in [1.165, 1.54) is 11.3 Å². The van der Waals surface area contributed by atoms with Gasteiger partial charge in [0, 0.05) is 37.7 Å². The van der Waals surface area contributed by atoms with Crippen LogP contribution in [0.2, 0.25) is 0 Å². The van der Waals surface area contributed by atoms with Gasteiger partial charge in [-0.2, -0.15) is 4.98 Å². The van der Waals surface area contributed by atoms with Crippen LogP contribution in [0.3, 0.4) is 0 Å². The van der Waals surface area contributed by atoms with Gasteiger partial charge in [-0.15, -0.1) is 0 Å². The molecule has 3 heterocycles. The molecule has 1 aromatic heterocycles.